The molecular formula is C32H48. The van der Waals surface area contributed by atoms with Gasteiger partial charge in [0.25, 0.3) is 0 Å². The second-order valence-electron chi connectivity index (χ2n) is 12.4. The van der Waals surface area contributed by atoms with Gasteiger partial charge in [-0.1, -0.05) is 88.4 Å². The van der Waals surface area contributed by atoms with Gasteiger partial charge in [-0.05, 0) is 110 Å². The molecule has 0 aromatic heterocycles. The summed E-state index contributed by atoms with van der Waals surface area (Å²) in [5.41, 5.74) is 3.18. The Kier molecular flexibility index (Phi) is 7.15. The third kappa shape index (κ3) is 4.50. The van der Waals surface area contributed by atoms with E-state index < -0.39 is 0 Å². The minimum absolute atomic E-state index is 0.702. The molecule has 0 spiro atoms. The van der Waals surface area contributed by atoms with Crippen molar-refractivity contribution in [3.05, 3.63) is 48.0 Å². The number of rotatable bonds is 6. The van der Waals surface area contributed by atoms with Crippen LogP contribution in [0.25, 0.3) is 0 Å². The van der Waals surface area contributed by atoms with Gasteiger partial charge in [0.05, 0.1) is 0 Å². The van der Waals surface area contributed by atoms with Crippen molar-refractivity contribution in [1.29, 1.82) is 0 Å². The first-order chi connectivity index (χ1) is 15.6. The van der Waals surface area contributed by atoms with Crippen LogP contribution in [0.15, 0.2) is 42.5 Å². The van der Waals surface area contributed by atoms with E-state index in [1.54, 1.807) is 24.8 Å². The Labute approximate surface area is 198 Å². The normalized spacial score (nSPS) is 37.7. The highest BCUT2D eigenvalue weighted by Gasteiger charge is 2.47. The molecule has 0 aliphatic heterocycles. The molecule has 0 amide bonds. The molecule has 32 heavy (non-hydrogen) atoms. The highest BCUT2D eigenvalue weighted by Crippen LogP contribution is 2.56. The molecular weight excluding hydrogens is 384 g/mol. The number of hydrogen-bond acceptors (Lipinski definition) is 0. The van der Waals surface area contributed by atoms with E-state index in [1.165, 1.54) is 69.8 Å². The van der Waals surface area contributed by atoms with E-state index in [0.29, 0.717) is 5.92 Å². The molecule has 0 saturated heterocycles. The maximum absolute atomic E-state index is 4.79. The van der Waals surface area contributed by atoms with E-state index >= 15 is 0 Å². The molecule has 0 N–H and O–H groups in total. The van der Waals surface area contributed by atoms with Crippen LogP contribution in [-0.4, -0.2) is 0 Å². The molecule has 1 aromatic rings. The van der Waals surface area contributed by atoms with Gasteiger partial charge in [0.1, 0.15) is 0 Å². The van der Waals surface area contributed by atoms with Crippen LogP contribution in [0, 0.1) is 47.3 Å². The fourth-order valence-corrected chi connectivity index (χ4v) is 9.15. The molecule has 0 heteroatoms. The average Bonchev–Trinajstić information content (AvgIpc) is 3.53. The Morgan fingerprint density at radius 3 is 2.12 bits per heavy atom. The van der Waals surface area contributed by atoms with E-state index in [-0.39, 0.29) is 0 Å². The zero-order valence-corrected chi connectivity index (χ0v) is 21.0. The topological polar surface area (TPSA) is 0 Å². The smallest absolute Gasteiger partial charge is 0.0162 e. The van der Waals surface area contributed by atoms with Crippen molar-refractivity contribution in [2.24, 2.45) is 47.3 Å². The summed E-state index contributed by atoms with van der Waals surface area (Å²) in [5, 5.41) is 0. The molecule has 1 aromatic carbocycles. The van der Waals surface area contributed by atoms with Crippen molar-refractivity contribution in [2.75, 3.05) is 0 Å². The van der Waals surface area contributed by atoms with Gasteiger partial charge in [-0.25, -0.2) is 0 Å². The summed E-state index contributed by atoms with van der Waals surface area (Å²) in [6.07, 6.45) is 19.3. The molecule has 4 aliphatic carbocycles. The predicted molar refractivity (Wildman–Crippen MR) is 138 cm³/mol. The van der Waals surface area contributed by atoms with Crippen LogP contribution in [0.1, 0.15) is 109 Å². The van der Waals surface area contributed by atoms with Crippen molar-refractivity contribution < 1.29 is 0 Å². The van der Waals surface area contributed by atoms with Crippen LogP contribution < -0.4 is 0 Å². The minimum atomic E-state index is 0.702. The molecule has 4 saturated carbocycles. The highest BCUT2D eigenvalue weighted by molar-refractivity contribution is 5.20. The maximum atomic E-state index is 4.79. The van der Waals surface area contributed by atoms with Crippen molar-refractivity contribution >= 4 is 0 Å². The Balaban J connectivity index is 1.17. The van der Waals surface area contributed by atoms with Crippen molar-refractivity contribution in [2.45, 2.75) is 103 Å². The van der Waals surface area contributed by atoms with Gasteiger partial charge in [0.15, 0.2) is 0 Å². The lowest BCUT2D eigenvalue weighted by Gasteiger charge is -2.42. The molecule has 6 unspecified atom stereocenters. The molecule has 176 valence electrons. The zero-order chi connectivity index (χ0) is 22.1. The summed E-state index contributed by atoms with van der Waals surface area (Å²) in [5.74, 6) is 8.30. The second-order valence-corrected chi connectivity index (χ2v) is 12.4. The van der Waals surface area contributed by atoms with Gasteiger partial charge in [0.2, 0.25) is 0 Å². The second kappa shape index (κ2) is 10.1. The largest absolute Gasteiger partial charge is 0.0993 e. The molecule has 0 heterocycles. The average molecular weight is 433 g/mol. The van der Waals surface area contributed by atoms with Gasteiger partial charge >= 0.3 is 0 Å². The molecule has 0 nitrogen and oxygen atoms in total. The molecule has 4 aliphatic rings. The first-order valence-corrected chi connectivity index (χ1v) is 14.4. The fraction of sp³-hybridized carbons (Fsp3) is 0.750. The summed E-state index contributed by atoms with van der Waals surface area (Å²) in [6, 6.07) is 11.2. The van der Waals surface area contributed by atoms with Gasteiger partial charge in [-0.3, -0.25) is 0 Å². The molecule has 5 rings (SSSR count). The van der Waals surface area contributed by atoms with E-state index in [1.807, 2.05) is 0 Å². The third-order valence-corrected chi connectivity index (χ3v) is 11.1. The number of benzene rings is 1. The van der Waals surface area contributed by atoms with E-state index in [0.717, 1.165) is 47.3 Å². The molecule has 0 radical (unpaired) electrons. The van der Waals surface area contributed by atoms with Gasteiger partial charge < -0.3 is 0 Å². The Morgan fingerprint density at radius 2 is 1.41 bits per heavy atom. The summed E-state index contributed by atoms with van der Waals surface area (Å²) >= 11 is 0. The van der Waals surface area contributed by atoms with Crippen molar-refractivity contribution in [3.8, 4) is 0 Å². The van der Waals surface area contributed by atoms with Gasteiger partial charge in [-0.15, -0.1) is 0 Å². The van der Waals surface area contributed by atoms with Crippen LogP contribution in [0.3, 0.4) is 0 Å². The highest BCUT2D eigenvalue weighted by atomic mass is 14.5. The fourth-order valence-electron chi connectivity index (χ4n) is 9.15. The summed E-state index contributed by atoms with van der Waals surface area (Å²) in [6.45, 7) is 9.82. The van der Waals surface area contributed by atoms with Crippen LogP contribution in [0.4, 0.5) is 0 Å². The van der Waals surface area contributed by atoms with Crippen LogP contribution in [-0.2, 0) is 0 Å². The van der Waals surface area contributed by atoms with Crippen LogP contribution >= 0.6 is 0 Å². The van der Waals surface area contributed by atoms with Gasteiger partial charge in [0, 0.05) is 0 Å². The number of allylic oxidation sites excluding steroid dienone is 1. The summed E-state index contributed by atoms with van der Waals surface area (Å²) in [7, 11) is 0. The molecule has 4 fully saturated rings. The Bertz CT molecular complexity index is 733. The Hall–Kier alpha value is -1.04. The Morgan fingerprint density at radius 1 is 0.719 bits per heavy atom. The number of hydrogen-bond donors (Lipinski definition) is 0. The summed E-state index contributed by atoms with van der Waals surface area (Å²) in [4.78, 5) is 0. The third-order valence-electron chi connectivity index (χ3n) is 11.1. The predicted octanol–water partition coefficient (Wildman–Crippen LogP) is 9.42. The van der Waals surface area contributed by atoms with E-state index in [2.05, 4.69) is 44.2 Å². The zero-order valence-electron chi connectivity index (χ0n) is 21.0. The standard InChI is InChI=1S/C32H48/c1-22(26-16-18-27(19-17-26)24(3)25-10-5-4-6-11-25)23(2)29-20-21-32-30(14-9-15-31(29)32)28-12-7-8-13-28/h4-6,10-11,23-24,26-32H,1,7-9,12-21H2,2-3H3. The lowest BCUT2D eigenvalue weighted by molar-refractivity contribution is 0.0945. The first kappa shape index (κ1) is 22.7. The molecule has 0 bridgehead atoms. The number of fused-ring (bicyclic) bond motifs is 1. The van der Waals surface area contributed by atoms with E-state index in [9.17, 15) is 0 Å². The first-order valence-electron chi connectivity index (χ1n) is 14.4. The van der Waals surface area contributed by atoms with E-state index in [4.69, 9.17) is 6.58 Å². The van der Waals surface area contributed by atoms with Crippen LogP contribution in [0.2, 0.25) is 0 Å². The van der Waals surface area contributed by atoms with Crippen molar-refractivity contribution in [1.82, 2.24) is 0 Å². The van der Waals surface area contributed by atoms with Gasteiger partial charge in [-0.2, -0.15) is 0 Å². The quantitative estimate of drug-likeness (QED) is 0.393. The monoisotopic (exact) mass is 432 g/mol. The lowest BCUT2D eigenvalue weighted by atomic mass is 9.63. The minimum Gasteiger partial charge on any atom is -0.0993 e. The SMILES string of the molecule is C=C(C1CCC(C(C)c2ccccc2)CC1)C(C)C1CCC2C(C3CCCC3)CCCC12. The molecule has 6 atom stereocenters. The van der Waals surface area contributed by atoms with Crippen molar-refractivity contribution in [3.63, 3.8) is 0 Å². The lowest BCUT2D eigenvalue weighted by Crippen LogP contribution is -2.33. The maximum Gasteiger partial charge on any atom is -0.0162 e. The van der Waals surface area contributed by atoms with Crippen LogP contribution in [0.5, 0.6) is 0 Å². The summed E-state index contributed by atoms with van der Waals surface area (Å²) < 4.78 is 0.